The molecule has 0 bridgehead atoms. The molecule has 0 amide bonds. The lowest BCUT2D eigenvalue weighted by Gasteiger charge is -2.08. The number of anilines is 1. The van der Waals surface area contributed by atoms with E-state index in [-0.39, 0.29) is 11.7 Å². The molecule has 0 aliphatic rings. The molecule has 1 aromatic heterocycles. The standard InChI is InChI=1S/C9H13N3O2/c1-6(2)11-9-4-8(12(13)14)7(3)5-10-9/h4-6H,1-3H3,(H,10,11). The Hall–Kier alpha value is -1.65. The van der Waals surface area contributed by atoms with Crippen LogP contribution in [0.3, 0.4) is 0 Å². The monoisotopic (exact) mass is 195 g/mol. The normalized spacial score (nSPS) is 10.3. The second-order valence-corrected chi connectivity index (χ2v) is 3.41. The Bertz CT molecular complexity index is 350. The van der Waals surface area contributed by atoms with E-state index in [1.807, 2.05) is 13.8 Å². The highest BCUT2D eigenvalue weighted by Crippen LogP contribution is 2.19. The summed E-state index contributed by atoms with van der Waals surface area (Å²) in [6.45, 7) is 5.57. The number of hydrogen-bond donors (Lipinski definition) is 1. The summed E-state index contributed by atoms with van der Waals surface area (Å²) in [5, 5.41) is 13.6. The van der Waals surface area contributed by atoms with E-state index in [0.29, 0.717) is 11.4 Å². The number of aryl methyl sites for hydroxylation is 1. The van der Waals surface area contributed by atoms with Crippen LogP contribution in [0.15, 0.2) is 12.3 Å². The van der Waals surface area contributed by atoms with Crippen LogP contribution >= 0.6 is 0 Å². The van der Waals surface area contributed by atoms with Crippen LogP contribution in [0.1, 0.15) is 19.4 Å². The van der Waals surface area contributed by atoms with Crippen molar-refractivity contribution in [3.05, 3.63) is 27.9 Å². The first-order valence-corrected chi connectivity index (χ1v) is 4.38. The van der Waals surface area contributed by atoms with Gasteiger partial charge in [0, 0.05) is 17.8 Å². The molecule has 0 aromatic carbocycles. The Morgan fingerprint density at radius 2 is 2.21 bits per heavy atom. The molecule has 1 aromatic rings. The molecule has 0 radical (unpaired) electrons. The van der Waals surface area contributed by atoms with Gasteiger partial charge in [-0.1, -0.05) is 0 Å². The van der Waals surface area contributed by atoms with Gasteiger partial charge in [0.25, 0.3) is 5.69 Å². The predicted octanol–water partition coefficient (Wildman–Crippen LogP) is 2.12. The highest BCUT2D eigenvalue weighted by atomic mass is 16.6. The third-order valence-electron chi connectivity index (χ3n) is 1.71. The highest BCUT2D eigenvalue weighted by Gasteiger charge is 2.11. The molecule has 5 nitrogen and oxygen atoms in total. The van der Waals surface area contributed by atoms with Crippen molar-refractivity contribution in [3.8, 4) is 0 Å². The first kappa shape index (κ1) is 10.4. The van der Waals surface area contributed by atoms with Crippen molar-refractivity contribution in [1.29, 1.82) is 0 Å². The van der Waals surface area contributed by atoms with E-state index in [4.69, 9.17) is 0 Å². The number of rotatable bonds is 3. The summed E-state index contributed by atoms with van der Waals surface area (Å²) in [5.41, 5.74) is 0.674. The van der Waals surface area contributed by atoms with Crippen molar-refractivity contribution in [1.82, 2.24) is 4.98 Å². The summed E-state index contributed by atoms with van der Waals surface area (Å²) >= 11 is 0. The summed E-state index contributed by atoms with van der Waals surface area (Å²) in [6, 6.07) is 1.67. The highest BCUT2D eigenvalue weighted by molar-refractivity contribution is 5.49. The molecule has 0 fully saturated rings. The maximum Gasteiger partial charge on any atom is 0.277 e. The molecule has 14 heavy (non-hydrogen) atoms. The van der Waals surface area contributed by atoms with Gasteiger partial charge in [0.1, 0.15) is 5.82 Å². The van der Waals surface area contributed by atoms with Crippen LogP contribution < -0.4 is 5.32 Å². The van der Waals surface area contributed by atoms with Gasteiger partial charge in [0.05, 0.1) is 11.0 Å². The van der Waals surface area contributed by atoms with E-state index in [1.165, 1.54) is 12.3 Å². The summed E-state index contributed by atoms with van der Waals surface area (Å²) in [4.78, 5) is 14.3. The smallest absolute Gasteiger partial charge is 0.277 e. The molecular formula is C9H13N3O2. The lowest BCUT2D eigenvalue weighted by Crippen LogP contribution is -2.11. The summed E-state index contributed by atoms with van der Waals surface area (Å²) in [5.74, 6) is 0.539. The van der Waals surface area contributed by atoms with Crippen molar-refractivity contribution in [2.24, 2.45) is 0 Å². The van der Waals surface area contributed by atoms with Crippen molar-refractivity contribution in [3.63, 3.8) is 0 Å². The Balaban J connectivity index is 3.00. The molecule has 0 aliphatic carbocycles. The molecule has 0 saturated carbocycles. The van der Waals surface area contributed by atoms with Gasteiger partial charge in [0.2, 0.25) is 0 Å². The molecule has 1 rings (SSSR count). The first-order valence-electron chi connectivity index (χ1n) is 4.38. The van der Waals surface area contributed by atoms with Gasteiger partial charge >= 0.3 is 0 Å². The zero-order chi connectivity index (χ0) is 10.7. The molecule has 5 heteroatoms. The first-order chi connectivity index (χ1) is 6.50. The Morgan fingerprint density at radius 1 is 1.57 bits per heavy atom. The maximum atomic E-state index is 10.6. The fraction of sp³-hybridized carbons (Fsp3) is 0.444. The van der Waals surface area contributed by atoms with E-state index in [0.717, 1.165) is 0 Å². The van der Waals surface area contributed by atoms with Crippen LogP contribution in [0, 0.1) is 17.0 Å². The molecule has 0 spiro atoms. The summed E-state index contributed by atoms with van der Waals surface area (Å²) in [7, 11) is 0. The fourth-order valence-corrected chi connectivity index (χ4v) is 1.08. The van der Waals surface area contributed by atoms with Gasteiger partial charge in [0.15, 0.2) is 0 Å². The average Bonchev–Trinajstić information content (AvgIpc) is 2.07. The SMILES string of the molecule is Cc1cnc(NC(C)C)cc1[N+](=O)[O-]. The van der Waals surface area contributed by atoms with Crippen molar-refractivity contribution in [2.45, 2.75) is 26.8 Å². The van der Waals surface area contributed by atoms with Crippen LogP contribution in [0.25, 0.3) is 0 Å². The van der Waals surface area contributed by atoms with Gasteiger partial charge in [-0.3, -0.25) is 10.1 Å². The lowest BCUT2D eigenvalue weighted by molar-refractivity contribution is -0.385. The molecule has 1 N–H and O–H groups in total. The van der Waals surface area contributed by atoms with Crippen molar-refractivity contribution in [2.75, 3.05) is 5.32 Å². The second kappa shape index (κ2) is 4.04. The van der Waals surface area contributed by atoms with Crippen LogP contribution in [-0.4, -0.2) is 15.9 Å². The topological polar surface area (TPSA) is 68.1 Å². The quantitative estimate of drug-likeness (QED) is 0.592. The van der Waals surface area contributed by atoms with Crippen LogP contribution in [0.4, 0.5) is 11.5 Å². The third kappa shape index (κ3) is 2.42. The van der Waals surface area contributed by atoms with E-state index in [9.17, 15) is 10.1 Å². The second-order valence-electron chi connectivity index (χ2n) is 3.41. The summed E-state index contributed by atoms with van der Waals surface area (Å²) < 4.78 is 0. The molecule has 0 unspecified atom stereocenters. The van der Waals surface area contributed by atoms with Crippen LogP contribution in [-0.2, 0) is 0 Å². The van der Waals surface area contributed by atoms with E-state index in [2.05, 4.69) is 10.3 Å². The zero-order valence-electron chi connectivity index (χ0n) is 8.44. The van der Waals surface area contributed by atoms with Gasteiger partial charge in [-0.15, -0.1) is 0 Å². The minimum Gasteiger partial charge on any atom is -0.368 e. The summed E-state index contributed by atoms with van der Waals surface area (Å²) in [6.07, 6.45) is 1.50. The van der Waals surface area contributed by atoms with Gasteiger partial charge in [-0.25, -0.2) is 4.98 Å². The largest absolute Gasteiger partial charge is 0.368 e. The average molecular weight is 195 g/mol. The number of hydrogen-bond acceptors (Lipinski definition) is 4. The Morgan fingerprint density at radius 3 is 2.71 bits per heavy atom. The minimum absolute atomic E-state index is 0.100. The number of nitrogens with one attached hydrogen (secondary N) is 1. The Kier molecular flexibility index (Phi) is 3.01. The number of nitro groups is 1. The van der Waals surface area contributed by atoms with Gasteiger partial charge in [-0.05, 0) is 20.8 Å². The van der Waals surface area contributed by atoms with Crippen molar-refractivity contribution >= 4 is 11.5 Å². The third-order valence-corrected chi connectivity index (χ3v) is 1.71. The number of pyridine rings is 1. The molecule has 0 saturated heterocycles. The van der Waals surface area contributed by atoms with Gasteiger partial charge in [-0.2, -0.15) is 0 Å². The number of aromatic nitrogens is 1. The fourth-order valence-electron chi connectivity index (χ4n) is 1.08. The lowest BCUT2D eigenvalue weighted by atomic mass is 10.2. The molecule has 76 valence electrons. The predicted molar refractivity (Wildman–Crippen MR) is 54.4 cm³/mol. The molecular weight excluding hydrogens is 182 g/mol. The molecule has 1 heterocycles. The van der Waals surface area contributed by atoms with E-state index < -0.39 is 4.92 Å². The van der Waals surface area contributed by atoms with Crippen molar-refractivity contribution < 1.29 is 4.92 Å². The maximum absolute atomic E-state index is 10.6. The minimum atomic E-state index is -0.400. The zero-order valence-corrected chi connectivity index (χ0v) is 8.44. The number of nitrogens with zero attached hydrogens (tertiary/aromatic N) is 2. The molecule has 0 aliphatic heterocycles. The van der Waals surface area contributed by atoms with E-state index in [1.54, 1.807) is 6.92 Å². The van der Waals surface area contributed by atoms with Crippen LogP contribution in [0.2, 0.25) is 0 Å². The van der Waals surface area contributed by atoms with Gasteiger partial charge < -0.3 is 5.32 Å². The Labute approximate surface area is 82.3 Å². The molecule has 0 atom stereocenters. The van der Waals surface area contributed by atoms with Crippen LogP contribution in [0.5, 0.6) is 0 Å². The van der Waals surface area contributed by atoms with E-state index >= 15 is 0 Å².